The highest BCUT2D eigenvalue weighted by atomic mass is 79.9. The summed E-state index contributed by atoms with van der Waals surface area (Å²) in [7, 11) is 0. The number of ether oxygens (including phenoxy) is 2. The van der Waals surface area contributed by atoms with Gasteiger partial charge in [0.2, 0.25) is 0 Å². The molecule has 5 heteroatoms. The first kappa shape index (κ1) is 20.0. The van der Waals surface area contributed by atoms with Gasteiger partial charge in [-0.15, -0.1) is 0 Å². The molecule has 0 aromatic heterocycles. The van der Waals surface area contributed by atoms with Crippen molar-refractivity contribution in [1.82, 2.24) is 0 Å². The van der Waals surface area contributed by atoms with Crippen molar-refractivity contribution in [2.75, 3.05) is 11.9 Å². The zero-order chi connectivity index (χ0) is 19.9. The summed E-state index contributed by atoms with van der Waals surface area (Å²) < 4.78 is 12.5. The number of carbonyl (C=O) groups excluding carboxylic acids is 1. The molecule has 4 nitrogen and oxygen atoms in total. The first-order chi connectivity index (χ1) is 13.5. The first-order valence-electron chi connectivity index (χ1n) is 9.07. The number of carbonyl (C=O) groups is 1. The average molecular weight is 440 g/mol. The van der Waals surface area contributed by atoms with E-state index in [0.29, 0.717) is 24.5 Å². The fourth-order valence-corrected chi connectivity index (χ4v) is 3.16. The van der Waals surface area contributed by atoms with Gasteiger partial charge in [-0.1, -0.05) is 34.1 Å². The largest absolute Gasteiger partial charge is 0.493 e. The fourth-order valence-electron chi connectivity index (χ4n) is 2.77. The topological polar surface area (TPSA) is 47.6 Å². The van der Waals surface area contributed by atoms with E-state index in [2.05, 4.69) is 21.2 Å². The summed E-state index contributed by atoms with van der Waals surface area (Å²) in [6, 6.07) is 20.7. The number of nitrogens with one attached hydrogen (secondary N) is 1. The van der Waals surface area contributed by atoms with Gasteiger partial charge in [-0.3, -0.25) is 4.79 Å². The molecule has 0 radical (unpaired) electrons. The number of amides is 1. The van der Waals surface area contributed by atoms with Gasteiger partial charge >= 0.3 is 0 Å². The zero-order valence-corrected chi connectivity index (χ0v) is 17.5. The van der Waals surface area contributed by atoms with Crippen molar-refractivity contribution in [1.29, 1.82) is 0 Å². The maximum Gasteiger partial charge on any atom is 0.255 e. The third-order valence-corrected chi connectivity index (χ3v) is 4.58. The molecule has 0 saturated carbocycles. The van der Waals surface area contributed by atoms with Gasteiger partial charge in [-0.05, 0) is 67.9 Å². The van der Waals surface area contributed by atoms with Crippen LogP contribution in [0.25, 0.3) is 0 Å². The van der Waals surface area contributed by atoms with Gasteiger partial charge < -0.3 is 14.8 Å². The molecule has 0 fully saturated rings. The van der Waals surface area contributed by atoms with Gasteiger partial charge in [-0.25, -0.2) is 0 Å². The molecule has 28 heavy (non-hydrogen) atoms. The molecule has 0 bridgehead atoms. The number of benzene rings is 3. The second kappa shape index (κ2) is 9.42. The normalized spacial score (nSPS) is 10.4. The summed E-state index contributed by atoms with van der Waals surface area (Å²) >= 11 is 3.41. The lowest BCUT2D eigenvalue weighted by molar-refractivity contribution is 0.102. The maximum atomic E-state index is 12.7. The highest BCUT2D eigenvalue weighted by Gasteiger charge is 2.12. The second-order valence-electron chi connectivity index (χ2n) is 6.33. The van der Waals surface area contributed by atoms with Crippen molar-refractivity contribution >= 4 is 27.5 Å². The molecule has 0 aliphatic carbocycles. The molecule has 0 aliphatic heterocycles. The molecule has 0 unspecified atom stereocenters. The molecule has 0 aliphatic rings. The van der Waals surface area contributed by atoms with E-state index in [1.165, 1.54) is 0 Å². The first-order valence-corrected chi connectivity index (χ1v) is 9.86. The molecule has 144 valence electrons. The van der Waals surface area contributed by atoms with Gasteiger partial charge in [0.1, 0.15) is 18.1 Å². The lowest BCUT2D eigenvalue weighted by Gasteiger charge is -2.14. The van der Waals surface area contributed by atoms with Crippen LogP contribution < -0.4 is 14.8 Å². The van der Waals surface area contributed by atoms with Crippen LogP contribution in [-0.4, -0.2) is 12.5 Å². The van der Waals surface area contributed by atoms with Crippen LogP contribution in [0.2, 0.25) is 0 Å². The van der Waals surface area contributed by atoms with E-state index in [1.54, 1.807) is 6.07 Å². The van der Waals surface area contributed by atoms with Crippen LogP contribution in [0, 0.1) is 6.92 Å². The summed E-state index contributed by atoms with van der Waals surface area (Å²) in [6.45, 7) is 4.81. The minimum Gasteiger partial charge on any atom is -0.493 e. The van der Waals surface area contributed by atoms with E-state index < -0.39 is 0 Å². The standard InChI is InChI=1S/C23H22BrNO3/c1-3-27-22-11-10-17(23(26)25-20-8-5-7-19(24)14-20)13-18(22)15-28-21-9-4-6-16(2)12-21/h4-14H,3,15H2,1-2H3,(H,25,26). The Hall–Kier alpha value is -2.79. The summed E-state index contributed by atoms with van der Waals surface area (Å²) in [5, 5.41) is 2.91. The van der Waals surface area contributed by atoms with Crippen LogP contribution >= 0.6 is 15.9 Å². The van der Waals surface area contributed by atoms with Gasteiger partial charge in [0.25, 0.3) is 5.91 Å². The molecule has 3 rings (SSSR count). The Morgan fingerprint density at radius 3 is 2.57 bits per heavy atom. The van der Waals surface area contributed by atoms with Gasteiger partial charge in [-0.2, -0.15) is 0 Å². The molecule has 3 aromatic carbocycles. The smallest absolute Gasteiger partial charge is 0.255 e. The van der Waals surface area contributed by atoms with Crippen LogP contribution in [0.3, 0.4) is 0 Å². The zero-order valence-electron chi connectivity index (χ0n) is 15.9. The van der Waals surface area contributed by atoms with E-state index in [4.69, 9.17) is 9.47 Å². The van der Waals surface area contributed by atoms with E-state index >= 15 is 0 Å². The highest BCUT2D eigenvalue weighted by molar-refractivity contribution is 9.10. The summed E-state index contributed by atoms with van der Waals surface area (Å²) in [5.74, 6) is 1.32. The van der Waals surface area contributed by atoms with Crippen molar-refractivity contribution in [3.8, 4) is 11.5 Å². The summed E-state index contributed by atoms with van der Waals surface area (Å²) in [5.41, 5.74) is 3.23. The van der Waals surface area contributed by atoms with Crippen molar-refractivity contribution in [2.45, 2.75) is 20.5 Å². The van der Waals surface area contributed by atoms with E-state index in [9.17, 15) is 4.79 Å². The molecule has 0 atom stereocenters. The van der Waals surface area contributed by atoms with Crippen LogP contribution in [0.1, 0.15) is 28.4 Å². The molecule has 1 N–H and O–H groups in total. The lowest BCUT2D eigenvalue weighted by Crippen LogP contribution is -2.13. The van der Waals surface area contributed by atoms with Crippen LogP contribution in [0.5, 0.6) is 11.5 Å². The van der Waals surface area contributed by atoms with Crippen molar-refractivity contribution < 1.29 is 14.3 Å². The number of hydrogen-bond acceptors (Lipinski definition) is 3. The second-order valence-corrected chi connectivity index (χ2v) is 7.24. The van der Waals surface area contributed by atoms with Crippen LogP contribution in [0.15, 0.2) is 71.2 Å². The average Bonchev–Trinajstić information content (AvgIpc) is 2.67. The molecule has 1 amide bonds. The molecule has 0 heterocycles. The number of aryl methyl sites for hydroxylation is 1. The third-order valence-electron chi connectivity index (χ3n) is 4.09. The summed E-state index contributed by atoms with van der Waals surface area (Å²) in [6.07, 6.45) is 0. The van der Waals surface area contributed by atoms with Crippen molar-refractivity contribution in [2.24, 2.45) is 0 Å². The Bertz CT molecular complexity index is 972. The SMILES string of the molecule is CCOc1ccc(C(=O)Nc2cccc(Br)c2)cc1COc1cccc(C)c1. The Balaban J connectivity index is 1.79. The quantitative estimate of drug-likeness (QED) is 0.491. The van der Waals surface area contributed by atoms with Crippen molar-refractivity contribution in [3.05, 3.63) is 87.9 Å². The van der Waals surface area contributed by atoms with Gasteiger partial charge in [0.05, 0.1) is 6.61 Å². The molecular formula is C23H22BrNO3. The predicted octanol–water partition coefficient (Wildman–Crippen LogP) is 5.99. The van der Waals surface area contributed by atoms with Gasteiger partial charge in [0, 0.05) is 21.3 Å². The molecule has 0 spiro atoms. The van der Waals surface area contributed by atoms with Crippen LogP contribution in [0.4, 0.5) is 5.69 Å². The van der Waals surface area contributed by atoms with E-state index in [0.717, 1.165) is 27.0 Å². The number of rotatable bonds is 7. The third kappa shape index (κ3) is 5.36. The fraction of sp³-hybridized carbons (Fsp3) is 0.174. The number of halogens is 1. The number of anilines is 1. The van der Waals surface area contributed by atoms with E-state index in [1.807, 2.05) is 74.5 Å². The maximum absolute atomic E-state index is 12.7. The minimum absolute atomic E-state index is 0.182. The van der Waals surface area contributed by atoms with E-state index in [-0.39, 0.29) is 5.91 Å². The Labute approximate surface area is 173 Å². The molecular weight excluding hydrogens is 418 g/mol. The van der Waals surface area contributed by atoms with Gasteiger partial charge in [0.15, 0.2) is 0 Å². The predicted molar refractivity (Wildman–Crippen MR) is 115 cm³/mol. The van der Waals surface area contributed by atoms with Crippen LogP contribution in [-0.2, 0) is 6.61 Å². The Kier molecular flexibility index (Phi) is 6.71. The number of hydrogen-bond donors (Lipinski definition) is 1. The van der Waals surface area contributed by atoms with Crippen molar-refractivity contribution in [3.63, 3.8) is 0 Å². The lowest BCUT2D eigenvalue weighted by atomic mass is 10.1. The summed E-state index contributed by atoms with van der Waals surface area (Å²) in [4.78, 5) is 12.7. The monoisotopic (exact) mass is 439 g/mol. The Morgan fingerprint density at radius 2 is 1.82 bits per heavy atom. The highest BCUT2D eigenvalue weighted by Crippen LogP contribution is 2.24. The minimum atomic E-state index is -0.182. The Morgan fingerprint density at radius 1 is 1.00 bits per heavy atom. The molecule has 0 saturated heterocycles. The molecule has 3 aromatic rings.